The van der Waals surface area contributed by atoms with Crippen LogP contribution in [0.4, 0.5) is 17.2 Å². The fraction of sp³-hybridized carbons (Fsp3) is 0.318. The Hall–Kier alpha value is -3.19. The zero-order chi connectivity index (χ0) is 20.1. The fourth-order valence-electron chi connectivity index (χ4n) is 3.60. The van der Waals surface area contributed by atoms with E-state index in [9.17, 15) is 4.79 Å². The normalized spacial score (nSPS) is 18.9. The van der Waals surface area contributed by atoms with Crippen LogP contribution in [0.15, 0.2) is 61.1 Å². The maximum atomic E-state index is 13.0. The standard InChI is InChI=1S/C22H25N5O2/c1-2-27-13-12-23-21(27)20-18(9-6-14-29-20)22(28)26-17-10-11-19(24-15-17)25-16-7-4-3-5-8-16/h3-5,7-8,10-13,15,18,20H,2,6,9,14H2,1H3,(H,24,25)(H,26,28)/t18-,20-/m1/s1. The van der Waals surface area contributed by atoms with Crippen molar-refractivity contribution in [2.75, 3.05) is 17.2 Å². The van der Waals surface area contributed by atoms with Crippen molar-refractivity contribution in [2.45, 2.75) is 32.4 Å². The number of benzene rings is 1. The molecule has 0 spiro atoms. The minimum Gasteiger partial charge on any atom is -0.369 e. The molecule has 3 heterocycles. The van der Waals surface area contributed by atoms with E-state index in [0.29, 0.717) is 12.3 Å². The molecule has 1 aliphatic rings. The van der Waals surface area contributed by atoms with Crippen molar-refractivity contribution in [3.63, 3.8) is 0 Å². The Morgan fingerprint density at radius 3 is 2.79 bits per heavy atom. The maximum absolute atomic E-state index is 13.0. The van der Waals surface area contributed by atoms with Gasteiger partial charge in [0, 0.05) is 31.2 Å². The molecule has 2 atom stereocenters. The molecule has 1 fully saturated rings. The van der Waals surface area contributed by atoms with Gasteiger partial charge in [-0.3, -0.25) is 4.79 Å². The van der Waals surface area contributed by atoms with Crippen LogP contribution < -0.4 is 10.6 Å². The number of hydrogen-bond acceptors (Lipinski definition) is 5. The average molecular weight is 391 g/mol. The Kier molecular flexibility index (Phi) is 5.86. The Bertz CT molecular complexity index is 939. The van der Waals surface area contributed by atoms with Gasteiger partial charge in [-0.05, 0) is 44.0 Å². The fourth-order valence-corrected chi connectivity index (χ4v) is 3.60. The zero-order valence-corrected chi connectivity index (χ0v) is 16.4. The maximum Gasteiger partial charge on any atom is 0.230 e. The average Bonchev–Trinajstić information content (AvgIpc) is 3.24. The van der Waals surface area contributed by atoms with Crippen molar-refractivity contribution in [3.05, 3.63) is 66.9 Å². The summed E-state index contributed by atoms with van der Waals surface area (Å²) in [7, 11) is 0. The molecular weight excluding hydrogens is 366 g/mol. The second-order valence-electron chi connectivity index (χ2n) is 7.02. The van der Waals surface area contributed by atoms with Gasteiger partial charge < -0.3 is 19.9 Å². The number of aromatic nitrogens is 3. The summed E-state index contributed by atoms with van der Waals surface area (Å²) in [6, 6.07) is 13.5. The van der Waals surface area contributed by atoms with E-state index in [0.717, 1.165) is 36.7 Å². The monoisotopic (exact) mass is 391 g/mol. The van der Waals surface area contributed by atoms with Crippen molar-refractivity contribution in [1.82, 2.24) is 14.5 Å². The van der Waals surface area contributed by atoms with E-state index in [1.54, 1.807) is 12.4 Å². The number of anilines is 3. The Labute approximate surface area is 170 Å². The Morgan fingerprint density at radius 2 is 2.03 bits per heavy atom. The number of nitrogens with zero attached hydrogens (tertiary/aromatic N) is 3. The van der Waals surface area contributed by atoms with Gasteiger partial charge in [0.1, 0.15) is 17.7 Å². The first-order chi connectivity index (χ1) is 14.2. The topological polar surface area (TPSA) is 81.1 Å². The van der Waals surface area contributed by atoms with Crippen LogP contribution in [0.5, 0.6) is 0 Å². The number of amides is 1. The molecule has 4 rings (SSSR count). The first kappa shape index (κ1) is 19.1. The summed E-state index contributed by atoms with van der Waals surface area (Å²) in [6.07, 6.45) is 6.65. The van der Waals surface area contributed by atoms with Gasteiger partial charge >= 0.3 is 0 Å². The van der Waals surface area contributed by atoms with Crippen LogP contribution in [-0.2, 0) is 16.1 Å². The molecule has 2 N–H and O–H groups in total. The molecule has 2 aromatic heterocycles. The van der Waals surface area contributed by atoms with Gasteiger partial charge in [-0.25, -0.2) is 9.97 Å². The van der Waals surface area contributed by atoms with Gasteiger partial charge in [-0.15, -0.1) is 0 Å². The smallest absolute Gasteiger partial charge is 0.230 e. The molecule has 7 nitrogen and oxygen atoms in total. The van der Waals surface area contributed by atoms with Crippen molar-refractivity contribution in [3.8, 4) is 0 Å². The van der Waals surface area contributed by atoms with Crippen LogP contribution in [0, 0.1) is 5.92 Å². The third-order valence-electron chi connectivity index (χ3n) is 5.08. The number of aryl methyl sites for hydroxylation is 1. The van der Waals surface area contributed by atoms with Crippen LogP contribution in [0.2, 0.25) is 0 Å². The highest BCUT2D eigenvalue weighted by Gasteiger charge is 2.35. The molecular formula is C22H25N5O2. The highest BCUT2D eigenvalue weighted by Crippen LogP contribution is 2.33. The summed E-state index contributed by atoms with van der Waals surface area (Å²) in [5.41, 5.74) is 1.63. The van der Waals surface area contributed by atoms with E-state index in [1.807, 2.05) is 53.2 Å². The number of nitrogens with one attached hydrogen (secondary N) is 2. The third-order valence-corrected chi connectivity index (χ3v) is 5.08. The summed E-state index contributed by atoms with van der Waals surface area (Å²) >= 11 is 0. The molecule has 0 radical (unpaired) electrons. The zero-order valence-electron chi connectivity index (χ0n) is 16.4. The SMILES string of the molecule is CCn1ccnc1[C@@H]1OCCC[C@H]1C(=O)Nc1ccc(Nc2ccccc2)nc1. The van der Waals surface area contributed by atoms with E-state index in [4.69, 9.17) is 4.74 Å². The van der Waals surface area contributed by atoms with Gasteiger partial charge in [0.2, 0.25) is 5.91 Å². The summed E-state index contributed by atoms with van der Waals surface area (Å²) in [5.74, 6) is 1.19. The van der Waals surface area contributed by atoms with E-state index >= 15 is 0 Å². The lowest BCUT2D eigenvalue weighted by molar-refractivity contribution is -0.130. The lowest BCUT2D eigenvalue weighted by Gasteiger charge is -2.30. The van der Waals surface area contributed by atoms with Gasteiger partial charge in [-0.1, -0.05) is 18.2 Å². The summed E-state index contributed by atoms with van der Waals surface area (Å²) < 4.78 is 7.98. The second kappa shape index (κ2) is 8.87. The molecule has 0 aliphatic carbocycles. The Balaban J connectivity index is 1.43. The molecule has 150 valence electrons. The van der Waals surface area contributed by atoms with Crippen molar-refractivity contribution in [1.29, 1.82) is 0 Å². The van der Waals surface area contributed by atoms with Gasteiger partial charge in [-0.2, -0.15) is 0 Å². The number of pyridine rings is 1. The quantitative estimate of drug-likeness (QED) is 0.660. The van der Waals surface area contributed by atoms with Crippen molar-refractivity contribution < 1.29 is 9.53 Å². The molecule has 3 aromatic rings. The number of hydrogen-bond donors (Lipinski definition) is 2. The number of imidazole rings is 1. The molecule has 1 amide bonds. The minimum atomic E-state index is -0.328. The van der Waals surface area contributed by atoms with Crippen LogP contribution in [0.3, 0.4) is 0 Å². The lowest BCUT2D eigenvalue weighted by atomic mass is 9.92. The molecule has 29 heavy (non-hydrogen) atoms. The summed E-state index contributed by atoms with van der Waals surface area (Å²) in [6.45, 7) is 3.50. The van der Waals surface area contributed by atoms with Crippen LogP contribution in [0.25, 0.3) is 0 Å². The van der Waals surface area contributed by atoms with E-state index in [2.05, 4.69) is 27.5 Å². The number of ether oxygens (including phenoxy) is 1. The summed E-state index contributed by atoms with van der Waals surface area (Å²) in [4.78, 5) is 21.8. The van der Waals surface area contributed by atoms with Gasteiger partial charge in [0.05, 0.1) is 17.8 Å². The molecule has 7 heteroatoms. The van der Waals surface area contributed by atoms with E-state index in [-0.39, 0.29) is 17.9 Å². The van der Waals surface area contributed by atoms with E-state index in [1.165, 1.54) is 0 Å². The molecule has 1 saturated heterocycles. The largest absolute Gasteiger partial charge is 0.369 e. The van der Waals surface area contributed by atoms with Crippen LogP contribution in [0.1, 0.15) is 31.7 Å². The predicted molar refractivity (Wildman–Crippen MR) is 112 cm³/mol. The molecule has 0 bridgehead atoms. The lowest BCUT2D eigenvalue weighted by Crippen LogP contribution is -2.34. The minimum absolute atomic E-state index is 0.0640. The van der Waals surface area contributed by atoms with Crippen molar-refractivity contribution >= 4 is 23.1 Å². The first-order valence-corrected chi connectivity index (χ1v) is 9.96. The van der Waals surface area contributed by atoms with Crippen LogP contribution in [-0.4, -0.2) is 27.0 Å². The van der Waals surface area contributed by atoms with Gasteiger partial charge in [0.15, 0.2) is 0 Å². The number of rotatable bonds is 6. The van der Waals surface area contributed by atoms with Gasteiger partial charge in [0.25, 0.3) is 0 Å². The van der Waals surface area contributed by atoms with Crippen LogP contribution >= 0.6 is 0 Å². The second-order valence-corrected chi connectivity index (χ2v) is 7.02. The highest BCUT2D eigenvalue weighted by molar-refractivity contribution is 5.93. The summed E-state index contributed by atoms with van der Waals surface area (Å²) in [5, 5.41) is 6.22. The molecule has 1 aliphatic heterocycles. The van der Waals surface area contributed by atoms with Crippen molar-refractivity contribution in [2.24, 2.45) is 5.92 Å². The number of para-hydroxylation sites is 1. The number of carbonyl (C=O) groups is 1. The Morgan fingerprint density at radius 1 is 1.17 bits per heavy atom. The predicted octanol–water partition coefficient (Wildman–Crippen LogP) is 4.15. The van der Waals surface area contributed by atoms with E-state index < -0.39 is 0 Å². The first-order valence-electron chi connectivity index (χ1n) is 9.96. The number of carbonyl (C=O) groups excluding carboxylic acids is 1. The third kappa shape index (κ3) is 4.46. The molecule has 0 unspecified atom stereocenters. The highest BCUT2D eigenvalue weighted by atomic mass is 16.5. The molecule has 0 saturated carbocycles. The molecule has 1 aromatic carbocycles.